The third-order valence-corrected chi connectivity index (χ3v) is 8.96. The van der Waals surface area contributed by atoms with Crippen molar-refractivity contribution in [2.45, 2.75) is 0 Å². The molecule has 0 aliphatic heterocycles. The van der Waals surface area contributed by atoms with Crippen molar-refractivity contribution in [3.8, 4) is 67.5 Å². The van der Waals surface area contributed by atoms with Gasteiger partial charge in [0.05, 0.1) is 0 Å². The molecule has 0 aliphatic rings. The van der Waals surface area contributed by atoms with Crippen LogP contribution in [0.1, 0.15) is 0 Å². The average Bonchev–Trinajstić information content (AvgIpc) is 3.58. The Morgan fingerprint density at radius 2 is 0.816 bits per heavy atom. The Labute approximate surface area is 284 Å². The fourth-order valence-electron chi connectivity index (χ4n) is 6.54. The van der Waals surface area contributed by atoms with E-state index in [1.165, 1.54) is 11.1 Å². The van der Waals surface area contributed by atoms with Gasteiger partial charge in [-0.1, -0.05) is 164 Å². The van der Waals surface area contributed by atoms with Crippen LogP contribution in [0.4, 0.5) is 0 Å². The highest BCUT2D eigenvalue weighted by molar-refractivity contribution is 6.15. The standard InChI is InChI=1S/C45H29N3O/c1-4-13-30(14-5-1)32-25-27-33(28-26-32)37-21-11-22-38-41-39(23-12-24-40(41)49-42(37)38)45-47-43(34-17-8-3-9-18-34)46-44(48-45)36-20-10-19-35(29-36)31-15-6-2-7-16-31/h1-29H. The second kappa shape index (κ2) is 12.2. The van der Waals surface area contributed by atoms with Crippen LogP contribution in [0.3, 0.4) is 0 Å². The van der Waals surface area contributed by atoms with Gasteiger partial charge in [0, 0.05) is 33.0 Å². The number of para-hydroxylation sites is 1. The van der Waals surface area contributed by atoms with Gasteiger partial charge in [-0.15, -0.1) is 0 Å². The van der Waals surface area contributed by atoms with Crippen LogP contribution in [-0.4, -0.2) is 15.0 Å². The summed E-state index contributed by atoms with van der Waals surface area (Å²) in [5.41, 5.74) is 11.1. The summed E-state index contributed by atoms with van der Waals surface area (Å²) in [5, 5.41) is 2.00. The molecule has 9 aromatic rings. The molecule has 2 aromatic heterocycles. The molecule has 0 saturated carbocycles. The molecule has 230 valence electrons. The largest absolute Gasteiger partial charge is 0.455 e. The number of furan rings is 1. The monoisotopic (exact) mass is 627 g/mol. The highest BCUT2D eigenvalue weighted by atomic mass is 16.3. The Morgan fingerprint density at radius 1 is 0.327 bits per heavy atom. The highest BCUT2D eigenvalue weighted by Crippen LogP contribution is 2.40. The van der Waals surface area contributed by atoms with Crippen LogP contribution in [0, 0.1) is 0 Å². The maximum atomic E-state index is 6.64. The molecule has 7 aromatic carbocycles. The molecule has 9 rings (SSSR count). The zero-order valence-corrected chi connectivity index (χ0v) is 26.5. The number of hydrogen-bond acceptors (Lipinski definition) is 4. The van der Waals surface area contributed by atoms with Gasteiger partial charge in [-0.2, -0.15) is 0 Å². The Kier molecular flexibility index (Phi) is 7.10. The van der Waals surface area contributed by atoms with E-state index in [2.05, 4.69) is 121 Å². The second-order valence-electron chi connectivity index (χ2n) is 12.0. The summed E-state index contributed by atoms with van der Waals surface area (Å²) in [6.45, 7) is 0. The minimum Gasteiger partial charge on any atom is -0.455 e. The van der Waals surface area contributed by atoms with Crippen LogP contribution in [0.15, 0.2) is 180 Å². The van der Waals surface area contributed by atoms with E-state index in [4.69, 9.17) is 19.4 Å². The molecule has 49 heavy (non-hydrogen) atoms. The third kappa shape index (κ3) is 5.35. The molecular formula is C45H29N3O. The van der Waals surface area contributed by atoms with Crippen molar-refractivity contribution in [3.63, 3.8) is 0 Å². The molecule has 2 heterocycles. The summed E-state index contributed by atoms with van der Waals surface area (Å²) in [6, 6.07) is 60.4. The molecule has 0 amide bonds. The molecule has 0 aliphatic carbocycles. The molecule has 0 radical (unpaired) electrons. The zero-order valence-electron chi connectivity index (χ0n) is 26.5. The molecule has 0 spiro atoms. The van der Waals surface area contributed by atoms with Crippen molar-refractivity contribution < 1.29 is 4.42 Å². The predicted molar refractivity (Wildman–Crippen MR) is 200 cm³/mol. The molecule has 0 unspecified atom stereocenters. The first-order chi connectivity index (χ1) is 24.3. The SMILES string of the molecule is c1ccc(-c2ccc(-c3cccc4c3oc3cccc(-c5nc(-c6ccccc6)nc(-c6cccc(-c7ccccc7)c6)n5)c34)cc2)cc1. The lowest BCUT2D eigenvalue weighted by molar-refractivity contribution is 0.670. The maximum Gasteiger partial charge on any atom is 0.164 e. The van der Waals surface area contributed by atoms with Crippen molar-refractivity contribution in [3.05, 3.63) is 176 Å². The minimum atomic E-state index is 0.597. The Morgan fingerprint density at radius 3 is 1.53 bits per heavy atom. The second-order valence-corrected chi connectivity index (χ2v) is 12.0. The lowest BCUT2D eigenvalue weighted by Gasteiger charge is -2.10. The summed E-state index contributed by atoms with van der Waals surface area (Å²) >= 11 is 0. The van der Waals surface area contributed by atoms with Gasteiger partial charge in [-0.3, -0.25) is 0 Å². The summed E-state index contributed by atoms with van der Waals surface area (Å²) in [5.74, 6) is 1.83. The maximum absolute atomic E-state index is 6.64. The van der Waals surface area contributed by atoms with Crippen molar-refractivity contribution in [2.75, 3.05) is 0 Å². The summed E-state index contributed by atoms with van der Waals surface area (Å²) in [7, 11) is 0. The topological polar surface area (TPSA) is 51.8 Å². The van der Waals surface area contributed by atoms with Gasteiger partial charge in [0.2, 0.25) is 0 Å². The highest BCUT2D eigenvalue weighted by Gasteiger charge is 2.19. The van der Waals surface area contributed by atoms with Gasteiger partial charge in [0.25, 0.3) is 0 Å². The van der Waals surface area contributed by atoms with E-state index in [0.29, 0.717) is 17.5 Å². The number of rotatable bonds is 6. The van der Waals surface area contributed by atoms with Crippen LogP contribution in [-0.2, 0) is 0 Å². The fourth-order valence-corrected chi connectivity index (χ4v) is 6.54. The van der Waals surface area contributed by atoms with E-state index in [9.17, 15) is 0 Å². The molecule has 4 heteroatoms. The molecule has 0 bridgehead atoms. The number of aromatic nitrogens is 3. The first-order valence-corrected chi connectivity index (χ1v) is 16.4. The smallest absolute Gasteiger partial charge is 0.164 e. The Bertz CT molecular complexity index is 2580. The van der Waals surface area contributed by atoms with Gasteiger partial charge < -0.3 is 4.42 Å². The number of hydrogen-bond donors (Lipinski definition) is 0. The summed E-state index contributed by atoms with van der Waals surface area (Å²) in [6.07, 6.45) is 0. The van der Waals surface area contributed by atoms with Crippen molar-refractivity contribution >= 4 is 21.9 Å². The number of benzene rings is 7. The van der Waals surface area contributed by atoms with Crippen LogP contribution in [0.2, 0.25) is 0 Å². The first-order valence-electron chi connectivity index (χ1n) is 16.4. The van der Waals surface area contributed by atoms with Crippen LogP contribution in [0.25, 0.3) is 89.5 Å². The first kappa shape index (κ1) is 28.6. The van der Waals surface area contributed by atoms with Crippen molar-refractivity contribution in [2.24, 2.45) is 0 Å². The molecule has 0 fully saturated rings. The van der Waals surface area contributed by atoms with E-state index >= 15 is 0 Å². The summed E-state index contributed by atoms with van der Waals surface area (Å²) in [4.78, 5) is 15.2. The Hall–Kier alpha value is -6.65. The molecule has 4 nitrogen and oxygen atoms in total. The van der Waals surface area contributed by atoms with Gasteiger partial charge in [0.15, 0.2) is 17.5 Å². The lowest BCUT2D eigenvalue weighted by Crippen LogP contribution is -2.00. The van der Waals surface area contributed by atoms with E-state index in [-0.39, 0.29) is 0 Å². The van der Waals surface area contributed by atoms with Crippen molar-refractivity contribution in [1.82, 2.24) is 15.0 Å². The van der Waals surface area contributed by atoms with E-state index in [1.807, 2.05) is 54.6 Å². The molecule has 0 atom stereocenters. The normalized spacial score (nSPS) is 11.3. The van der Waals surface area contributed by atoms with Gasteiger partial charge in [-0.25, -0.2) is 15.0 Å². The molecular weight excluding hydrogens is 599 g/mol. The minimum absolute atomic E-state index is 0.597. The molecule has 0 N–H and O–H groups in total. The van der Waals surface area contributed by atoms with Crippen LogP contribution in [0.5, 0.6) is 0 Å². The summed E-state index contributed by atoms with van der Waals surface area (Å²) < 4.78 is 6.64. The van der Waals surface area contributed by atoms with Crippen LogP contribution >= 0.6 is 0 Å². The quantitative estimate of drug-likeness (QED) is 0.184. The third-order valence-electron chi connectivity index (χ3n) is 8.96. The number of fused-ring (bicyclic) bond motifs is 3. The Balaban J connectivity index is 1.20. The van der Waals surface area contributed by atoms with E-state index in [0.717, 1.165) is 60.9 Å². The lowest BCUT2D eigenvalue weighted by atomic mass is 9.98. The van der Waals surface area contributed by atoms with Crippen LogP contribution < -0.4 is 0 Å². The fraction of sp³-hybridized carbons (Fsp3) is 0. The zero-order chi connectivity index (χ0) is 32.6. The van der Waals surface area contributed by atoms with E-state index < -0.39 is 0 Å². The average molecular weight is 628 g/mol. The number of nitrogens with zero attached hydrogens (tertiary/aromatic N) is 3. The molecule has 0 saturated heterocycles. The van der Waals surface area contributed by atoms with E-state index in [1.54, 1.807) is 0 Å². The van der Waals surface area contributed by atoms with Gasteiger partial charge in [-0.05, 0) is 39.9 Å². The van der Waals surface area contributed by atoms with Gasteiger partial charge in [0.1, 0.15) is 11.2 Å². The van der Waals surface area contributed by atoms with Gasteiger partial charge >= 0.3 is 0 Å². The predicted octanol–water partition coefficient (Wildman–Crippen LogP) is 11.8. The van der Waals surface area contributed by atoms with Crippen molar-refractivity contribution in [1.29, 1.82) is 0 Å².